The molecule has 1 aliphatic heterocycles. The number of hydrogen-bond donors (Lipinski definition) is 4. The van der Waals surface area contributed by atoms with E-state index in [9.17, 15) is 22.8 Å². The van der Waals surface area contributed by atoms with Crippen molar-refractivity contribution in [1.82, 2.24) is 25.8 Å². The molecule has 0 spiro atoms. The molecule has 2 aliphatic rings. The van der Waals surface area contributed by atoms with Gasteiger partial charge in [-0.1, -0.05) is 19.3 Å². The summed E-state index contributed by atoms with van der Waals surface area (Å²) < 4.78 is 31.7. The van der Waals surface area contributed by atoms with E-state index in [-0.39, 0.29) is 36.1 Å². The molecule has 1 saturated heterocycles. The maximum absolute atomic E-state index is 12.6. The van der Waals surface area contributed by atoms with Crippen LogP contribution in [0.5, 0.6) is 0 Å². The van der Waals surface area contributed by atoms with E-state index < -0.39 is 27.9 Å². The number of amides is 4. The lowest BCUT2D eigenvalue weighted by Gasteiger charge is -2.26. The van der Waals surface area contributed by atoms with Crippen LogP contribution in [0.1, 0.15) is 42.5 Å². The predicted octanol–water partition coefficient (Wildman–Crippen LogP) is 0.100. The average Bonchev–Trinajstić information content (AvgIpc) is 2.82. The topological polar surface area (TPSA) is 146 Å². The lowest BCUT2D eigenvalue weighted by atomic mass is 9.96. The van der Waals surface area contributed by atoms with E-state index in [1.54, 1.807) is 0 Å². The third-order valence-electron chi connectivity index (χ3n) is 5.39. The van der Waals surface area contributed by atoms with E-state index in [2.05, 4.69) is 21.5 Å². The summed E-state index contributed by atoms with van der Waals surface area (Å²) in [6.07, 6.45) is 5.16. The first kappa shape index (κ1) is 24.0. The number of nitrogens with zero attached hydrogens (tertiary/aromatic N) is 1. The number of morpholine rings is 1. The summed E-state index contributed by atoms with van der Waals surface area (Å²) in [6.45, 7) is 0.910. The minimum absolute atomic E-state index is 0.0851. The quantitative estimate of drug-likeness (QED) is 0.437. The van der Waals surface area contributed by atoms with Crippen LogP contribution < -0.4 is 21.5 Å². The first-order valence-corrected chi connectivity index (χ1v) is 12.1. The highest BCUT2D eigenvalue weighted by atomic mass is 32.2. The van der Waals surface area contributed by atoms with E-state index in [4.69, 9.17) is 4.74 Å². The molecule has 0 aromatic heterocycles. The third kappa shape index (κ3) is 6.65. The summed E-state index contributed by atoms with van der Waals surface area (Å²) in [4.78, 5) is 36.0. The Labute approximate surface area is 187 Å². The number of ether oxygens (including phenoxy) is 1. The Morgan fingerprint density at radius 3 is 2.28 bits per heavy atom. The Balaban J connectivity index is 1.42. The first-order chi connectivity index (χ1) is 15.4. The van der Waals surface area contributed by atoms with Crippen LogP contribution in [-0.2, 0) is 19.6 Å². The Morgan fingerprint density at radius 2 is 1.62 bits per heavy atom. The highest BCUT2D eigenvalue weighted by Gasteiger charge is 2.26. The van der Waals surface area contributed by atoms with Crippen LogP contribution >= 0.6 is 0 Å². The number of carbonyl (C=O) groups is 3. The van der Waals surface area contributed by atoms with Gasteiger partial charge < -0.3 is 15.4 Å². The molecule has 0 radical (unpaired) electrons. The normalized spacial score (nSPS) is 17.9. The Hall–Kier alpha value is -2.70. The van der Waals surface area contributed by atoms with Crippen LogP contribution in [-0.4, -0.2) is 69.5 Å². The Morgan fingerprint density at radius 1 is 0.969 bits per heavy atom. The van der Waals surface area contributed by atoms with Crippen LogP contribution in [0, 0.1) is 0 Å². The predicted molar refractivity (Wildman–Crippen MR) is 115 cm³/mol. The molecule has 1 saturated carbocycles. The van der Waals surface area contributed by atoms with Crippen LogP contribution in [0.15, 0.2) is 29.2 Å². The highest BCUT2D eigenvalue weighted by molar-refractivity contribution is 7.89. The largest absolute Gasteiger partial charge is 0.379 e. The number of urea groups is 1. The van der Waals surface area contributed by atoms with Crippen molar-refractivity contribution in [1.29, 1.82) is 0 Å². The number of sulfonamides is 1. The van der Waals surface area contributed by atoms with Gasteiger partial charge in [0.1, 0.15) is 0 Å². The second kappa shape index (κ2) is 11.2. The smallest absolute Gasteiger partial charge is 0.333 e. The monoisotopic (exact) mass is 467 g/mol. The van der Waals surface area contributed by atoms with Gasteiger partial charge in [0.2, 0.25) is 10.0 Å². The van der Waals surface area contributed by atoms with Gasteiger partial charge in [-0.25, -0.2) is 18.6 Å². The van der Waals surface area contributed by atoms with Gasteiger partial charge in [-0.05, 0) is 37.1 Å². The van der Waals surface area contributed by atoms with Crippen molar-refractivity contribution in [2.45, 2.75) is 43.0 Å². The maximum atomic E-state index is 12.6. The van der Waals surface area contributed by atoms with E-state index in [1.165, 1.54) is 35.0 Å². The molecule has 12 heteroatoms. The molecule has 0 atom stereocenters. The molecule has 176 valence electrons. The summed E-state index contributed by atoms with van der Waals surface area (Å²) >= 11 is 0. The van der Waals surface area contributed by atoms with Crippen LogP contribution in [0.25, 0.3) is 0 Å². The van der Waals surface area contributed by atoms with Gasteiger partial charge in [-0.15, -0.1) is 0 Å². The molecular weight excluding hydrogens is 438 g/mol. The molecule has 4 N–H and O–H groups in total. The standard InChI is InChI=1S/C20H29N5O6S/c26-18(23-24-20(28)22-16-4-2-1-3-5-16)14-21-19(27)15-6-8-17(9-7-15)32(29,30)25-10-12-31-13-11-25/h6-9,16H,1-5,10-14H2,(H,21,27)(H,23,26)(H2,22,24,28). The van der Waals surface area contributed by atoms with E-state index in [0.717, 1.165) is 25.7 Å². The van der Waals surface area contributed by atoms with Crippen LogP contribution in [0.3, 0.4) is 0 Å². The number of benzene rings is 1. The van der Waals surface area contributed by atoms with E-state index >= 15 is 0 Å². The fraction of sp³-hybridized carbons (Fsp3) is 0.550. The SMILES string of the molecule is O=C(CNC(=O)c1ccc(S(=O)(=O)N2CCOCC2)cc1)NNC(=O)NC1CCCCC1. The summed E-state index contributed by atoms with van der Waals surface area (Å²) in [6, 6.07) is 5.10. The summed E-state index contributed by atoms with van der Waals surface area (Å²) in [7, 11) is -3.65. The summed E-state index contributed by atoms with van der Waals surface area (Å²) in [5.74, 6) is -1.13. The molecule has 3 rings (SSSR count). The van der Waals surface area contributed by atoms with Crippen LogP contribution in [0.2, 0.25) is 0 Å². The fourth-order valence-corrected chi connectivity index (χ4v) is 5.02. The van der Waals surface area contributed by atoms with Gasteiger partial charge in [0.15, 0.2) is 0 Å². The molecule has 0 unspecified atom stereocenters. The van der Waals surface area contributed by atoms with Crippen molar-refractivity contribution < 1.29 is 27.5 Å². The number of hydrogen-bond acceptors (Lipinski definition) is 6. The second-order valence-corrected chi connectivity index (χ2v) is 9.64. The first-order valence-electron chi connectivity index (χ1n) is 10.7. The Bertz CT molecular complexity index is 909. The third-order valence-corrected chi connectivity index (χ3v) is 7.30. The van der Waals surface area contributed by atoms with Gasteiger partial charge in [0, 0.05) is 24.7 Å². The lowest BCUT2D eigenvalue weighted by Crippen LogP contribution is -2.52. The van der Waals surface area contributed by atoms with Crippen LogP contribution in [0.4, 0.5) is 4.79 Å². The van der Waals surface area contributed by atoms with Crippen molar-refractivity contribution in [2.24, 2.45) is 0 Å². The summed E-state index contributed by atoms with van der Waals surface area (Å²) in [5.41, 5.74) is 4.71. The second-order valence-electron chi connectivity index (χ2n) is 7.71. The Kier molecular flexibility index (Phi) is 8.42. The minimum Gasteiger partial charge on any atom is -0.379 e. The molecule has 1 aromatic rings. The molecule has 11 nitrogen and oxygen atoms in total. The van der Waals surface area contributed by atoms with Crippen molar-refractivity contribution in [3.8, 4) is 0 Å². The van der Waals surface area contributed by atoms with Gasteiger partial charge in [-0.2, -0.15) is 4.31 Å². The van der Waals surface area contributed by atoms with Crippen molar-refractivity contribution >= 4 is 27.9 Å². The van der Waals surface area contributed by atoms with Gasteiger partial charge in [-0.3, -0.25) is 15.0 Å². The lowest BCUT2D eigenvalue weighted by molar-refractivity contribution is -0.120. The van der Waals surface area contributed by atoms with Gasteiger partial charge in [0.25, 0.3) is 11.8 Å². The number of hydrazine groups is 1. The van der Waals surface area contributed by atoms with E-state index in [0.29, 0.717) is 13.2 Å². The molecular formula is C20H29N5O6S. The van der Waals surface area contributed by atoms with Crippen molar-refractivity contribution in [3.05, 3.63) is 29.8 Å². The molecule has 0 bridgehead atoms. The minimum atomic E-state index is -3.65. The van der Waals surface area contributed by atoms with Gasteiger partial charge >= 0.3 is 6.03 Å². The maximum Gasteiger partial charge on any atom is 0.333 e. The molecule has 32 heavy (non-hydrogen) atoms. The van der Waals surface area contributed by atoms with Gasteiger partial charge in [0.05, 0.1) is 24.7 Å². The molecule has 2 fully saturated rings. The average molecular weight is 468 g/mol. The van der Waals surface area contributed by atoms with E-state index in [1.807, 2.05) is 0 Å². The summed E-state index contributed by atoms with van der Waals surface area (Å²) in [5, 5.41) is 5.22. The fourth-order valence-electron chi connectivity index (χ4n) is 3.62. The zero-order valence-corrected chi connectivity index (χ0v) is 18.6. The number of rotatable bonds is 6. The molecule has 4 amide bonds. The number of nitrogens with one attached hydrogen (secondary N) is 4. The molecule has 1 aromatic carbocycles. The zero-order chi connectivity index (χ0) is 23.0. The van der Waals surface area contributed by atoms with Crippen molar-refractivity contribution in [3.63, 3.8) is 0 Å². The van der Waals surface area contributed by atoms with Crippen molar-refractivity contribution in [2.75, 3.05) is 32.8 Å². The zero-order valence-electron chi connectivity index (χ0n) is 17.8. The molecule has 1 heterocycles. The highest BCUT2D eigenvalue weighted by Crippen LogP contribution is 2.18. The number of carbonyl (C=O) groups excluding carboxylic acids is 3. The molecule has 1 aliphatic carbocycles.